The molecule has 3 nitrogen and oxygen atoms in total. The number of rotatable bonds is 7. The lowest BCUT2D eigenvalue weighted by Crippen LogP contribution is -2.20. The monoisotopic (exact) mass is 306 g/mol. The number of carbonyl (C=O) groups is 1. The average Bonchev–Trinajstić information content (AvgIpc) is 2.36. The summed E-state index contributed by atoms with van der Waals surface area (Å²) >= 11 is 0. The van der Waals surface area contributed by atoms with Crippen molar-refractivity contribution in [3.8, 4) is 5.75 Å². The Morgan fingerprint density at radius 3 is 2.14 bits per heavy atom. The molecule has 22 heavy (non-hydrogen) atoms. The van der Waals surface area contributed by atoms with Gasteiger partial charge in [0.1, 0.15) is 11.9 Å². The van der Waals surface area contributed by atoms with Gasteiger partial charge in [-0.25, -0.2) is 4.79 Å². The summed E-state index contributed by atoms with van der Waals surface area (Å²) in [5.41, 5.74) is 1.06. The maximum atomic E-state index is 12.0. The minimum absolute atomic E-state index is 0.132. The van der Waals surface area contributed by atoms with Crippen molar-refractivity contribution in [2.75, 3.05) is 0 Å². The number of carbonyl (C=O) groups excluding carboxylic acids is 1. The van der Waals surface area contributed by atoms with E-state index in [1.165, 1.54) is 0 Å². The first-order chi connectivity index (χ1) is 10.3. The summed E-state index contributed by atoms with van der Waals surface area (Å²) < 4.78 is 10.8. The van der Waals surface area contributed by atoms with Gasteiger partial charge in [-0.1, -0.05) is 52.8 Å². The van der Waals surface area contributed by atoms with Crippen molar-refractivity contribution in [2.24, 2.45) is 11.8 Å². The molecule has 2 unspecified atom stereocenters. The van der Waals surface area contributed by atoms with Crippen LogP contribution in [0.5, 0.6) is 5.75 Å². The maximum absolute atomic E-state index is 12.0. The lowest BCUT2D eigenvalue weighted by atomic mass is 9.91. The molecule has 2 atom stereocenters. The first kappa shape index (κ1) is 18.5. The molecule has 0 heterocycles. The Balaban J connectivity index is 2.71. The van der Waals surface area contributed by atoms with Gasteiger partial charge in [0.05, 0.1) is 0 Å². The average molecular weight is 306 g/mol. The zero-order valence-corrected chi connectivity index (χ0v) is 14.8. The van der Waals surface area contributed by atoms with E-state index in [2.05, 4.69) is 34.6 Å². The highest BCUT2D eigenvalue weighted by Crippen LogP contribution is 2.31. The predicted octanol–water partition coefficient (Wildman–Crippen LogP) is 5.79. The number of benzene rings is 1. The third-order valence-electron chi connectivity index (χ3n) is 3.57. The van der Waals surface area contributed by atoms with E-state index in [9.17, 15) is 4.79 Å². The largest absolute Gasteiger partial charge is 0.514 e. The van der Waals surface area contributed by atoms with Crippen LogP contribution in [0, 0.1) is 11.8 Å². The molecule has 0 radical (unpaired) electrons. The molecule has 0 aliphatic carbocycles. The van der Waals surface area contributed by atoms with Gasteiger partial charge in [-0.05, 0) is 49.1 Å². The number of ether oxygens (including phenoxy) is 2. The van der Waals surface area contributed by atoms with Crippen LogP contribution in [0.15, 0.2) is 24.3 Å². The molecule has 1 aromatic rings. The number of para-hydroxylation sites is 1. The summed E-state index contributed by atoms with van der Waals surface area (Å²) in [5, 5.41) is 0. The SMILES string of the molecule is CC(C)CC(C)OC(=O)Oc1ccccc1C(C)CC(C)C. The van der Waals surface area contributed by atoms with Crippen LogP contribution in [0.1, 0.15) is 65.9 Å². The van der Waals surface area contributed by atoms with Gasteiger partial charge in [-0.2, -0.15) is 0 Å². The van der Waals surface area contributed by atoms with Crippen LogP contribution in [-0.2, 0) is 4.74 Å². The van der Waals surface area contributed by atoms with Gasteiger partial charge in [0.15, 0.2) is 0 Å². The van der Waals surface area contributed by atoms with E-state index >= 15 is 0 Å². The molecule has 0 bridgehead atoms. The van der Waals surface area contributed by atoms with Gasteiger partial charge in [0.2, 0.25) is 0 Å². The Morgan fingerprint density at radius 1 is 0.955 bits per heavy atom. The summed E-state index contributed by atoms with van der Waals surface area (Å²) in [6, 6.07) is 7.71. The highest BCUT2D eigenvalue weighted by atomic mass is 16.7. The molecule has 0 N–H and O–H groups in total. The van der Waals surface area contributed by atoms with Crippen molar-refractivity contribution >= 4 is 6.16 Å². The Hall–Kier alpha value is -1.51. The Kier molecular flexibility index (Phi) is 7.43. The van der Waals surface area contributed by atoms with Crippen molar-refractivity contribution in [2.45, 2.75) is 66.4 Å². The van der Waals surface area contributed by atoms with Crippen LogP contribution in [0.4, 0.5) is 4.79 Å². The van der Waals surface area contributed by atoms with Gasteiger partial charge in [0, 0.05) is 0 Å². The lowest BCUT2D eigenvalue weighted by molar-refractivity contribution is 0.0571. The van der Waals surface area contributed by atoms with Gasteiger partial charge < -0.3 is 9.47 Å². The molecular weight excluding hydrogens is 276 g/mol. The molecule has 0 spiro atoms. The van der Waals surface area contributed by atoms with Crippen molar-refractivity contribution in [3.63, 3.8) is 0 Å². The topological polar surface area (TPSA) is 35.5 Å². The standard InChI is InChI=1S/C19H30O3/c1-13(2)11-15(5)17-9-7-8-10-18(17)22-19(20)21-16(6)12-14(3)4/h7-10,13-16H,11-12H2,1-6H3. The van der Waals surface area contributed by atoms with Crippen LogP contribution >= 0.6 is 0 Å². The predicted molar refractivity (Wildman–Crippen MR) is 90.3 cm³/mol. The molecule has 0 saturated heterocycles. The van der Waals surface area contributed by atoms with Crippen molar-refractivity contribution in [1.29, 1.82) is 0 Å². The molecule has 0 aromatic heterocycles. The Labute approximate surface area is 135 Å². The summed E-state index contributed by atoms with van der Waals surface area (Å²) in [6.07, 6.45) is 1.14. The van der Waals surface area contributed by atoms with Gasteiger partial charge in [-0.15, -0.1) is 0 Å². The van der Waals surface area contributed by atoms with Crippen LogP contribution in [0.3, 0.4) is 0 Å². The summed E-state index contributed by atoms with van der Waals surface area (Å²) in [5.74, 6) is 2.04. The molecule has 0 fully saturated rings. The Bertz CT molecular complexity index is 466. The molecular formula is C19H30O3. The fraction of sp³-hybridized carbons (Fsp3) is 0.632. The van der Waals surface area contributed by atoms with E-state index in [-0.39, 0.29) is 6.10 Å². The van der Waals surface area contributed by atoms with E-state index in [4.69, 9.17) is 9.47 Å². The molecule has 0 amide bonds. The smallest absolute Gasteiger partial charge is 0.431 e. The van der Waals surface area contributed by atoms with Crippen LogP contribution in [0.25, 0.3) is 0 Å². The molecule has 3 heteroatoms. The van der Waals surface area contributed by atoms with Crippen molar-refractivity contribution < 1.29 is 14.3 Å². The third-order valence-corrected chi connectivity index (χ3v) is 3.57. The van der Waals surface area contributed by atoms with E-state index in [0.29, 0.717) is 23.5 Å². The minimum Gasteiger partial charge on any atom is -0.431 e. The molecule has 1 aromatic carbocycles. The molecule has 124 valence electrons. The summed E-state index contributed by atoms with van der Waals surface area (Å²) in [6.45, 7) is 12.7. The normalized spacial score (nSPS) is 14.0. The van der Waals surface area contributed by atoms with Gasteiger partial charge in [0.25, 0.3) is 0 Å². The molecule has 1 rings (SSSR count). The number of hydrogen-bond acceptors (Lipinski definition) is 3. The molecule has 0 saturated carbocycles. The highest BCUT2D eigenvalue weighted by molar-refractivity contribution is 5.64. The van der Waals surface area contributed by atoms with E-state index < -0.39 is 6.16 Å². The Morgan fingerprint density at radius 2 is 1.55 bits per heavy atom. The highest BCUT2D eigenvalue weighted by Gasteiger charge is 2.18. The van der Waals surface area contributed by atoms with Crippen molar-refractivity contribution in [3.05, 3.63) is 29.8 Å². The van der Waals surface area contributed by atoms with Crippen LogP contribution in [-0.4, -0.2) is 12.3 Å². The van der Waals surface area contributed by atoms with E-state index in [1.54, 1.807) is 0 Å². The van der Waals surface area contributed by atoms with Gasteiger partial charge in [-0.3, -0.25) is 0 Å². The second-order valence-electron chi connectivity index (χ2n) is 6.98. The third kappa shape index (κ3) is 6.50. The second kappa shape index (κ2) is 8.82. The first-order valence-corrected chi connectivity index (χ1v) is 8.27. The fourth-order valence-corrected chi connectivity index (χ4v) is 2.80. The minimum atomic E-state index is -0.614. The van der Waals surface area contributed by atoms with E-state index in [0.717, 1.165) is 18.4 Å². The molecule has 0 aliphatic rings. The maximum Gasteiger partial charge on any atom is 0.514 e. The summed E-state index contributed by atoms with van der Waals surface area (Å²) in [4.78, 5) is 12.0. The fourth-order valence-electron chi connectivity index (χ4n) is 2.80. The summed E-state index contributed by atoms with van der Waals surface area (Å²) in [7, 11) is 0. The van der Waals surface area contributed by atoms with Crippen LogP contribution < -0.4 is 4.74 Å². The second-order valence-corrected chi connectivity index (χ2v) is 6.98. The lowest BCUT2D eigenvalue weighted by Gasteiger charge is -2.19. The quantitative estimate of drug-likeness (QED) is 0.472. The van der Waals surface area contributed by atoms with Gasteiger partial charge >= 0.3 is 6.16 Å². The van der Waals surface area contributed by atoms with Crippen molar-refractivity contribution in [1.82, 2.24) is 0 Å². The number of hydrogen-bond donors (Lipinski definition) is 0. The van der Waals surface area contributed by atoms with Crippen LogP contribution in [0.2, 0.25) is 0 Å². The first-order valence-electron chi connectivity index (χ1n) is 8.27. The van der Waals surface area contributed by atoms with E-state index in [1.807, 2.05) is 31.2 Å². The molecule has 0 aliphatic heterocycles. The zero-order valence-electron chi connectivity index (χ0n) is 14.8. The zero-order chi connectivity index (χ0) is 16.7.